The predicted octanol–water partition coefficient (Wildman–Crippen LogP) is 4.04. The van der Waals surface area contributed by atoms with E-state index in [0.717, 1.165) is 11.9 Å². The minimum atomic E-state index is -3.06. The Morgan fingerprint density at radius 1 is 1.31 bits per heavy atom. The van der Waals surface area contributed by atoms with Gasteiger partial charge in [-0.3, -0.25) is 0 Å². The van der Waals surface area contributed by atoms with Gasteiger partial charge in [0.1, 0.15) is 5.02 Å². The van der Waals surface area contributed by atoms with Gasteiger partial charge in [-0.25, -0.2) is 19.3 Å². The number of hydrogen-bond acceptors (Lipinski definition) is 6. The second-order valence-corrected chi connectivity index (χ2v) is 6.38. The van der Waals surface area contributed by atoms with Gasteiger partial charge in [-0.1, -0.05) is 11.6 Å². The van der Waals surface area contributed by atoms with Gasteiger partial charge in [-0.15, -0.1) is 0 Å². The van der Waals surface area contributed by atoms with E-state index in [1.165, 1.54) is 19.4 Å². The summed E-state index contributed by atoms with van der Waals surface area (Å²) in [7, 11) is 1.54. The van der Waals surface area contributed by atoms with Gasteiger partial charge in [0, 0.05) is 7.11 Å². The number of aromatic nitrogens is 4. The molecule has 0 saturated carbocycles. The highest BCUT2D eigenvalue weighted by molar-refractivity contribution is 6.32. The van der Waals surface area contributed by atoms with Crippen LogP contribution >= 0.6 is 11.6 Å². The van der Waals surface area contributed by atoms with E-state index >= 15 is 0 Å². The minimum Gasteiger partial charge on any atom is -0.415 e. The Hall–Kier alpha value is -3.05. The van der Waals surface area contributed by atoms with Gasteiger partial charge in [0.05, 0.1) is 47.3 Å². The van der Waals surface area contributed by atoms with E-state index in [1.54, 1.807) is 10.7 Å². The van der Waals surface area contributed by atoms with E-state index in [1.807, 2.05) is 13.8 Å². The van der Waals surface area contributed by atoms with Crippen molar-refractivity contribution in [2.45, 2.75) is 26.6 Å². The first-order chi connectivity index (χ1) is 13.8. The molecule has 0 aliphatic carbocycles. The number of pyridine rings is 1. The summed E-state index contributed by atoms with van der Waals surface area (Å²) in [6.45, 7) is 0.582. The van der Waals surface area contributed by atoms with Crippen LogP contribution in [0.3, 0.4) is 0 Å². The Morgan fingerprint density at radius 2 is 2.07 bits per heavy atom. The van der Waals surface area contributed by atoms with Gasteiger partial charge in [0.2, 0.25) is 5.88 Å². The number of anilines is 2. The summed E-state index contributed by atoms with van der Waals surface area (Å²) >= 11 is 5.84. The second kappa shape index (κ2) is 8.53. The Labute approximate surface area is 169 Å². The summed E-state index contributed by atoms with van der Waals surface area (Å²) in [5, 5.41) is 9.24. The zero-order valence-corrected chi connectivity index (χ0v) is 16.4. The first kappa shape index (κ1) is 20.7. The molecule has 0 aliphatic rings. The number of carbonyl (C=O) groups excluding carboxylic acids is 1. The van der Waals surface area contributed by atoms with Crippen LogP contribution in [0.1, 0.15) is 24.3 Å². The average Bonchev–Trinajstić information content (AvgIpc) is 3.03. The lowest BCUT2D eigenvalue weighted by molar-refractivity contribution is -0.0527. The largest absolute Gasteiger partial charge is 0.415 e. The van der Waals surface area contributed by atoms with Gasteiger partial charge >= 0.3 is 12.6 Å². The van der Waals surface area contributed by atoms with Crippen LogP contribution in [0.4, 0.5) is 25.0 Å². The predicted molar refractivity (Wildman–Crippen MR) is 102 cm³/mol. The van der Waals surface area contributed by atoms with Crippen LogP contribution in [0.25, 0.3) is 5.65 Å². The van der Waals surface area contributed by atoms with Crippen molar-refractivity contribution in [2.24, 2.45) is 0 Å². The highest BCUT2D eigenvalue weighted by atomic mass is 35.5. The Kier molecular flexibility index (Phi) is 6.09. The monoisotopic (exact) mass is 426 g/mol. The summed E-state index contributed by atoms with van der Waals surface area (Å²) in [5.74, 6) is -0.437. The first-order valence-corrected chi connectivity index (χ1v) is 8.72. The molecule has 154 valence electrons. The van der Waals surface area contributed by atoms with Crippen molar-refractivity contribution >= 4 is 34.7 Å². The van der Waals surface area contributed by atoms with Crippen molar-refractivity contribution < 1.29 is 23.0 Å². The number of alkyl halides is 2. The topological polar surface area (TPSA) is 103 Å². The molecule has 3 rings (SSSR count). The van der Waals surface area contributed by atoms with Crippen molar-refractivity contribution in [2.75, 3.05) is 17.7 Å². The summed E-state index contributed by atoms with van der Waals surface area (Å²) in [5.41, 5.74) is 2.53. The van der Waals surface area contributed by atoms with Gasteiger partial charge in [-0.05, 0) is 19.9 Å². The van der Waals surface area contributed by atoms with Crippen LogP contribution in [-0.2, 0) is 4.74 Å². The molecule has 0 spiro atoms. The van der Waals surface area contributed by atoms with E-state index < -0.39 is 18.5 Å². The highest BCUT2D eigenvalue weighted by Crippen LogP contribution is 2.29. The molecule has 12 heteroatoms. The molecular weight excluding hydrogens is 410 g/mol. The third-order valence-electron chi connectivity index (χ3n) is 3.92. The quantitative estimate of drug-likeness (QED) is 0.616. The molecule has 9 nitrogen and oxygen atoms in total. The van der Waals surface area contributed by atoms with Crippen LogP contribution in [0.15, 0.2) is 24.7 Å². The molecule has 2 N–H and O–H groups in total. The lowest BCUT2D eigenvalue weighted by atomic mass is 10.1. The number of rotatable bonds is 6. The maximum atomic E-state index is 12.4. The number of fused-ring (bicyclic) bond motifs is 1. The maximum absolute atomic E-state index is 12.4. The summed E-state index contributed by atoms with van der Waals surface area (Å²) in [6.07, 6.45) is 3.99. The number of amides is 2. The number of nitrogens with one attached hydrogen (secondary N) is 2. The van der Waals surface area contributed by atoms with E-state index in [4.69, 9.17) is 16.3 Å². The molecule has 0 aromatic carbocycles. The number of halogens is 3. The lowest BCUT2D eigenvalue weighted by Gasteiger charge is -2.16. The zero-order chi connectivity index (χ0) is 21.1. The van der Waals surface area contributed by atoms with Gasteiger partial charge in [0.25, 0.3) is 0 Å². The van der Waals surface area contributed by atoms with Crippen LogP contribution < -0.4 is 15.4 Å². The molecule has 0 aliphatic heterocycles. The number of carbonyl (C=O) groups is 1. The standard InChI is InChI=1S/C17H17ClF2N6O3/c1-8-7-26-14(23-8)13(9(2)28-3)12(6-22-26)25-17(27)24-10-4-11(18)15(21-5-10)29-16(19)20/h4-7,9,16H,1-3H3,(H2,24,25,27)/t9-/m0/s1. The van der Waals surface area contributed by atoms with Crippen LogP contribution in [0.5, 0.6) is 5.88 Å². The maximum Gasteiger partial charge on any atom is 0.388 e. The number of imidazole rings is 1. The lowest BCUT2D eigenvalue weighted by Crippen LogP contribution is -2.21. The number of methoxy groups -OCH3 is 1. The van der Waals surface area contributed by atoms with E-state index in [0.29, 0.717) is 16.9 Å². The Bertz CT molecular complexity index is 1050. The second-order valence-electron chi connectivity index (χ2n) is 5.97. The first-order valence-electron chi connectivity index (χ1n) is 8.34. The molecule has 29 heavy (non-hydrogen) atoms. The van der Waals surface area contributed by atoms with Crippen molar-refractivity contribution in [1.82, 2.24) is 19.6 Å². The fraction of sp³-hybridized carbons (Fsp3) is 0.294. The van der Waals surface area contributed by atoms with Crippen molar-refractivity contribution in [1.29, 1.82) is 0 Å². The molecule has 0 bridgehead atoms. The SMILES string of the molecule is CO[C@@H](C)c1c(NC(=O)Nc2cnc(OC(F)F)c(Cl)c2)cnn2cc(C)nc12. The van der Waals surface area contributed by atoms with Crippen molar-refractivity contribution in [3.8, 4) is 5.88 Å². The fourth-order valence-electron chi connectivity index (χ4n) is 2.63. The summed E-state index contributed by atoms with van der Waals surface area (Å²) in [6, 6.07) is 0.619. The molecule has 0 saturated heterocycles. The third-order valence-corrected chi connectivity index (χ3v) is 4.20. The Morgan fingerprint density at radius 3 is 2.72 bits per heavy atom. The van der Waals surface area contributed by atoms with Crippen LogP contribution in [0.2, 0.25) is 5.02 Å². The van der Waals surface area contributed by atoms with E-state index in [9.17, 15) is 13.6 Å². The number of urea groups is 1. The van der Waals surface area contributed by atoms with Crippen LogP contribution in [-0.4, -0.2) is 39.3 Å². The molecule has 0 unspecified atom stereocenters. The summed E-state index contributed by atoms with van der Waals surface area (Å²) < 4.78 is 35.7. The van der Waals surface area contributed by atoms with Crippen LogP contribution in [0, 0.1) is 6.92 Å². The molecule has 1 atom stereocenters. The summed E-state index contributed by atoms with van der Waals surface area (Å²) in [4.78, 5) is 20.5. The van der Waals surface area contributed by atoms with Crippen molar-refractivity contribution in [3.63, 3.8) is 0 Å². The van der Waals surface area contributed by atoms with E-state index in [-0.39, 0.29) is 16.8 Å². The number of hydrogen-bond donors (Lipinski definition) is 2. The molecule has 0 fully saturated rings. The van der Waals surface area contributed by atoms with Crippen molar-refractivity contribution in [3.05, 3.63) is 40.9 Å². The fourth-order valence-corrected chi connectivity index (χ4v) is 2.85. The Balaban J connectivity index is 1.82. The third kappa shape index (κ3) is 4.69. The zero-order valence-electron chi connectivity index (χ0n) is 15.6. The smallest absolute Gasteiger partial charge is 0.388 e. The minimum absolute atomic E-state index is 0.173. The average molecular weight is 427 g/mol. The molecular formula is C17H17ClF2N6O3. The highest BCUT2D eigenvalue weighted by Gasteiger charge is 2.19. The number of ether oxygens (including phenoxy) is 2. The number of aryl methyl sites for hydroxylation is 1. The van der Waals surface area contributed by atoms with Gasteiger partial charge < -0.3 is 20.1 Å². The van der Waals surface area contributed by atoms with E-state index in [2.05, 4.69) is 30.4 Å². The number of nitrogens with zero attached hydrogens (tertiary/aromatic N) is 4. The van der Waals surface area contributed by atoms with Gasteiger partial charge in [0.15, 0.2) is 5.65 Å². The van der Waals surface area contributed by atoms with Gasteiger partial charge in [-0.2, -0.15) is 13.9 Å². The molecule has 2 amide bonds. The molecule has 3 aromatic rings. The molecule has 3 aromatic heterocycles. The normalized spacial score (nSPS) is 12.2. The molecule has 3 heterocycles. The molecule has 0 radical (unpaired) electrons.